The zero-order valence-electron chi connectivity index (χ0n) is 16.6. The van der Waals surface area contributed by atoms with Gasteiger partial charge in [-0.05, 0) is 43.5 Å². The molecule has 6 nitrogen and oxygen atoms in total. The van der Waals surface area contributed by atoms with Crippen molar-refractivity contribution in [2.75, 3.05) is 18.6 Å². The summed E-state index contributed by atoms with van der Waals surface area (Å²) in [6.07, 6.45) is 3.32. The second-order valence-corrected chi connectivity index (χ2v) is 7.22. The summed E-state index contributed by atoms with van der Waals surface area (Å²) in [7, 11) is 1.58. The number of amides is 1. The van der Waals surface area contributed by atoms with Crippen LogP contribution in [0.15, 0.2) is 59.7 Å². The van der Waals surface area contributed by atoms with E-state index in [4.69, 9.17) is 4.74 Å². The zero-order chi connectivity index (χ0) is 20.4. The Morgan fingerprint density at radius 1 is 1.17 bits per heavy atom. The largest absolute Gasteiger partial charge is 0.496 e. The van der Waals surface area contributed by atoms with Gasteiger partial charge in [0.2, 0.25) is 5.91 Å². The Labute approximate surface area is 169 Å². The van der Waals surface area contributed by atoms with Gasteiger partial charge in [-0.25, -0.2) is 4.98 Å². The summed E-state index contributed by atoms with van der Waals surface area (Å²) in [4.78, 5) is 31.7. The molecule has 0 aliphatic carbocycles. The van der Waals surface area contributed by atoms with Crippen LogP contribution in [-0.2, 0) is 17.8 Å². The summed E-state index contributed by atoms with van der Waals surface area (Å²) in [5.74, 6) is 0.539. The number of para-hydroxylation sites is 1. The number of methoxy groups -OCH3 is 1. The van der Waals surface area contributed by atoms with E-state index in [9.17, 15) is 9.59 Å². The van der Waals surface area contributed by atoms with Crippen molar-refractivity contribution in [3.05, 3.63) is 76.3 Å². The number of nitrogens with zero attached hydrogens (tertiary/aromatic N) is 3. The van der Waals surface area contributed by atoms with Crippen LogP contribution in [0.25, 0.3) is 11.3 Å². The molecule has 3 aromatic rings. The van der Waals surface area contributed by atoms with Gasteiger partial charge >= 0.3 is 0 Å². The fourth-order valence-electron chi connectivity index (χ4n) is 3.76. The summed E-state index contributed by atoms with van der Waals surface area (Å²) < 4.78 is 6.70. The molecule has 0 unspecified atom stereocenters. The quantitative estimate of drug-likeness (QED) is 0.687. The van der Waals surface area contributed by atoms with Gasteiger partial charge in [0, 0.05) is 23.9 Å². The monoisotopic (exact) mass is 389 g/mol. The summed E-state index contributed by atoms with van der Waals surface area (Å²) in [6.45, 7) is 2.68. The Hall–Kier alpha value is -3.41. The highest BCUT2D eigenvalue weighted by atomic mass is 16.5. The molecule has 2 aromatic carbocycles. The second-order valence-electron chi connectivity index (χ2n) is 7.22. The minimum Gasteiger partial charge on any atom is -0.496 e. The lowest BCUT2D eigenvalue weighted by molar-refractivity contribution is -0.119. The first-order valence-corrected chi connectivity index (χ1v) is 9.66. The average Bonchev–Trinajstić information content (AvgIpc) is 2.74. The maximum Gasteiger partial charge on any atom is 0.254 e. The third-order valence-corrected chi connectivity index (χ3v) is 5.22. The molecule has 4 rings (SSSR count). The molecule has 0 saturated heterocycles. The molecule has 0 saturated carbocycles. The number of carbonyl (C=O) groups is 1. The molecule has 0 bridgehead atoms. The minimum absolute atomic E-state index is 0.0364. The van der Waals surface area contributed by atoms with Crippen LogP contribution in [0.1, 0.15) is 17.5 Å². The van der Waals surface area contributed by atoms with Crippen molar-refractivity contribution in [2.45, 2.75) is 26.3 Å². The van der Waals surface area contributed by atoms with E-state index in [-0.39, 0.29) is 18.0 Å². The number of benzene rings is 2. The number of fused-ring (bicyclic) bond motifs is 1. The second kappa shape index (κ2) is 7.91. The molecule has 6 heteroatoms. The van der Waals surface area contributed by atoms with Crippen LogP contribution >= 0.6 is 0 Å². The Morgan fingerprint density at radius 2 is 2.00 bits per heavy atom. The third-order valence-electron chi connectivity index (χ3n) is 5.22. The molecule has 1 aliphatic heterocycles. The molecule has 1 aliphatic rings. The normalized spacial score (nSPS) is 13.1. The van der Waals surface area contributed by atoms with Gasteiger partial charge in [-0.15, -0.1) is 0 Å². The lowest BCUT2D eigenvalue weighted by Crippen LogP contribution is -2.39. The van der Waals surface area contributed by atoms with E-state index in [1.807, 2.05) is 36.4 Å². The molecule has 29 heavy (non-hydrogen) atoms. The predicted molar refractivity (Wildman–Crippen MR) is 112 cm³/mol. The Kier molecular flexibility index (Phi) is 5.16. The SMILES string of the molecule is COc1ccccc1-c1cc(=O)n(CC(=O)N2CCCc3cc(C)ccc32)cn1. The maximum absolute atomic E-state index is 12.9. The first-order valence-electron chi connectivity index (χ1n) is 9.66. The molecule has 0 radical (unpaired) electrons. The summed E-state index contributed by atoms with van der Waals surface area (Å²) in [6, 6.07) is 15.0. The molecule has 1 aromatic heterocycles. The van der Waals surface area contributed by atoms with Crippen molar-refractivity contribution in [2.24, 2.45) is 0 Å². The van der Waals surface area contributed by atoms with Gasteiger partial charge in [-0.3, -0.25) is 14.2 Å². The van der Waals surface area contributed by atoms with E-state index >= 15 is 0 Å². The molecule has 0 fully saturated rings. The highest BCUT2D eigenvalue weighted by Gasteiger charge is 2.23. The van der Waals surface area contributed by atoms with E-state index in [1.54, 1.807) is 12.0 Å². The van der Waals surface area contributed by atoms with E-state index < -0.39 is 0 Å². The van der Waals surface area contributed by atoms with Gasteiger partial charge in [0.15, 0.2) is 0 Å². The van der Waals surface area contributed by atoms with Gasteiger partial charge in [-0.2, -0.15) is 0 Å². The number of aryl methyl sites for hydroxylation is 2. The number of hydrogen-bond donors (Lipinski definition) is 0. The van der Waals surface area contributed by atoms with Crippen LogP contribution in [0, 0.1) is 6.92 Å². The smallest absolute Gasteiger partial charge is 0.254 e. The van der Waals surface area contributed by atoms with Gasteiger partial charge in [-0.1, -0.05) is 29.8 Å². The van der Waals surface area contributed by atoms with Crippen molar-refractivity contribution in [3.8, 4) is 17.0 Å². The number of carbonyl (C=O) groups excluding carboxylic acids is 1. The van der Waals surface area contributed by atoms with E-state index in [0.717, 1.165) is 24.1 Å². The first kappa shape index (κ1) is 18.9. The third kappa shape index (κ3) is 3.78. The fourth-order valence-corrected chi connectivity index (χ4v) is 3.76. The van der Waals surface area contributed by atoms with E-state index in [0.29, 0.717) is 18.0 Å². The topological polar surface area (TPSA) is 64.4 Å². The molecular weight excluding hydrogens is 366 g/mol. The highest BCUT2D eigenvalue weighted by Crippen LogP contribution is 2.29. The van der Waals surface area contributed by atoms with Crippen molar-refractivity contribution >= 4 is 11.6 Å². The summed E-state index contributed by atoms with van der Waals surface area (Å²) >= 11 is 0. The number of ether oxygens (including phenoxy) is 1. The zero-order valence-corrected chi connectivity index (χ0v) is 16.6. The maximum atomic E-state index is 12.9. The van der Waals surface area contributed by atoms with Gasteiger partial charge < -0.3 is 9.64 Å². The molecule has 0 atom stereocenters. The summed E-state index contributed by atoms with van der Waals surface area (Å²) in [5.41, 5.74) is 4.31. The van der Waals surface area contributed by atoms with Crippen molar-refractivity contribution in [1.82, 2.24) is 9.55 Å². The number of anilines is 1. The lowest BCUT2D eigenvalue weighted by atomic mass is 9.99. The Morgan fingerprint density at radius 3 is 2.79 bits per heavy atom. The fraction of sp³-hybridized carbons (Fsp3) is 0.261. The number of aromatic nitrogens is 2. The average molecular weight is 389 g/mol. The van der Waals surface area contributed by atoms with Crippen molar-refractivity contribution in [1.29, 1.82) is 0 Å². The molecule has 148 valence electrons. The van der Waals surface area contributed by atoms with E-state index in [1.165, 1.54) is 28.1 Å². The molecule has 2 heterocycles. The lowest BCUT2D eigenvalue weighted by Gasteiger charge is -2.30. The number of rotatable bonds is 4. The highest BCUT2D eigenvalue weighted by molar-refractivity contribution is 5.94. The van der Waals surface area contributed by atoms with Crippen LogP contribution in [0.4, 0.5) is 5.69 Å². The molecule has 1 amide bonds. The predicted octanol–water partition coefficient (Wildman–Crippen LogP) is 3.21. The van der Waals surface area contributed by atoms with Crippen LogP contribution < -0.4 is 15.2 Å². The van der Waals surface area contributed by atoms with Crippen LogP contribution in [-0.4, -0.2) is 29.1 Å². The number of hydrogen-bond acceptors (Lipinski definition) is 4. The first-order chi connectivity index (χ1) is 14.1. The van der Waals surface area contributed by atoms with Crippen LogP contribution in [0.2, 0.25) is 0 Å². The molecular formula is C23H23N3O3. The van der Waals surface area contributed by atoms with Crippen LogP contribution in [0.5, 0.6) is 5.75 Å². The van der Waals surface area contributed by atoms with Gasteiger partial charge in [0.05, 0.1) is 19.1 Å². The van der Waals surface area contributed by atoms with E-state index in [2.05, 4.69) is 18.0 Å². The standard InChI is InChI=1S/C23H23N3O3/c1-16-9-10-20-17(12-16)6-5-11-26(20)23(28)14-25-15-24-19(13-22(25)27)18-7-3-4-8-21(18)29-2/h3-4,7-10,12-13,15H,5-6,11,14H2,1-2H3. The Balaban J connectivity index is 1.58. The van der Waals surface area contributed by atoms with Gasteiger partial charge in [0.1, 0.15) is 12.3 Å². The van der Waals surface area contributed by atoms with Crippen molar-refractivity contribution < 1.29 is 9.53 Å². The van der Waals surface area contributed by atoms with Gasteiger partial charge in [0.25, 0.3) is 5.56 Å². The molecule has 0 N–H and O–H groups in total. The van der Waals surface area contributed by atoms with Crippen LogP contribution in [0.3, 0.4) is 0 Å². The van der Waals surface area contributed by atoms with Crippen molar-refractivity contribution in [3.63, 3.8) is 0 Å². The molecule has 0 spiro atoms. The summed E-state index contributed by atoms with van der Waals surface area (Å²) in [5, 5.41) is 0. The minimum atomic E-state index is -0.268. The Bertz CT molecular complexity index is 1120.